The molecule has 0 spiro atoms. The number of hydrogen-bond acceptors (Lipinski definition) is 6. The van der Waals surface area contributed by atoms with Crippen molar-refractivity contribution >= 4 is 15.9 Å². The SMILES string of the molecule is C=C(CN1CCCC1)N(C)[C@H](C(=O)N[C@@H](Cc1ccccc1)[C@H](O)CN(CC(C)C)S(C)(=O)=O)C(C)CC. The number of amides is 1. The molecule has 216 valence electrons. The van der Waals surface area contributed by atoms with Crippen molar-refractivity contribution in [3.63, 3.8) is 0 Å². The van der Waals surface area contributed by atoms with Gasteiger partial charge < -0.3 is 15.3 Å². The molecule has 1 aliphatic heterocycles. The monoisotopic (exact) mass is 550 g/mol. The predicted molar refractivity (Wildman–Crippen MR) is 155 cm³/mol. The standard InChI is InChI=1S/C29H50N4O4S/c1-8-23(4)28(31(6)24(5)20-32-16-12-13-17-32)29(35)30-26(18-25-14-10-9-11-15-25)27(34)21-33(19-22(2)3)38(7,36)37/h9-11,14-15,22-23,26-28,34H,5,8,12-13,16-21H2,1-4,6-7H3,(H,30,35)/t23?,26-,27+,28-/m0/s1. The third-order valence-corrected chi connectivity index (χ3v) is 8.73. The quantitative estimate of drug-likeness (QED) is 0.329. The fourth-order valence-corrected chi connectivity index (χ4v) is 6.05. The largest absolute Gasteiger partial charge is 0.390 e. The van der Waals surface area contributed by atoms with Gasteiger partial charge >= 0.3 is 0 Å². The number of likely N-dealkylation sites (tertiary alicyclic amines) is 1. The Balaban J connectivity index is 2.27. The minimum atomic E-state index is -3.52. The minimum Gasteiger partial charge on any atom is -0.390 e. The van der Waals surface area contributed by atoms with Gasteiger partial charge in [-0.1, -0.05) is 71.0 Å². The van der Waals surface area contributed by atoms with E-state index in [0.29, 0.717) is 13.0 Å². The van der Waals surface area contributed by atoms with Crippen LogP contribution in [0.25, 0.3) is 0 Å². The first kappa shape index (κ1) is 32.3. The summed E-state index contributed by atoms with van der Waals surface area (Å²) in [5, 5.41) is 14.4. The first-order valence-electron chi connectivity index (χ1n) is 13.9. The number of likely N-dealkylation sites (N-methyl/N-ethyl adjacent to an activating group) is 1. The van der Waals surface area contributed by atoms with E-state index in [1.807, 2.05) is 56.1 Å². The van der Waals surface area contributed by atoms with Gasteiger partial charge in [0.05, 0.1) is 18.4 Å². The van der Waals surface area contributed by atoms with E-state index >= 15 is 0 Å². The molecule has 1 amide bonds. The van der Waals surface area contributed by atoms with Crippen molar-refractivity contribution < 1.29 is 18.3 Å². The zero-order chi connectivity index (χ0) is 28.5. The van der Waals surface area contributed by atoms with Crippen molar-refractivity contribution in [2.75, 3.05) is 46.0 Å². The van der Waals surface area contributed by atoms with E-state index in [1.54, 1.807) is 0 Å². The second-order valence-electron chi connectivity index (χ2n) is 11.3. The lowest BCUT2D eigenvalue weighted by molar-refractivity contribution is -0.128. The van der Waals surface area contributed by atoms with Crippen LogP contribution in [-0.2, 0) is 21.2 Å². The van der Waals surface area contributed by atoms with Crippen molar-refractivity contribution in [2.24, 2.45) is 11.8 Å². The van der Waals surface area contributed by atoms with Crippen LogP contribution in [0.4, 0.5) is 0 Å². The van der Waals surface area contributed by atoms with Crippen molar-refractivity contribution in [3.8, 4) is 0 Å². The van der Waals surface area contributed by atoms with Gasteiger partial charge in [0, 0.05) is 32.4 Å². The lowest BCUT2D eigenvalue weighted by atomic mass is 9.94. The van der Waals surface area contributed by atoms with Crippen LogP contribution >= 0.6 is 0 Å². The third-order valence-electron chi connectivity index (χ3n) is 7.49. The second kappa shape index (κ2) is 15.0. The van der Waals surface area contributed by atoms with E-state index in [0.717, 1.165) is 43.6 Å². The normalized spacial score (nSPS) is 17.8. The molecule has 0 radical (unpaired) electrons. The topological polar surface area (TPSA) is 93.2 Å². The number of carbonyl (C=O) groups is 1. The van der Waals surface area contributed by atoms with Gasteiger partial charge in [-0.2, -0.15) is 4.31 Å². The van der Waals surface area contributed by atoms with Crippen molar-refractivity contribution in [3.05, 3.63) is 48.2 Å². The summed E-state index contributed by atoms with van der Waals surface area (Å²) in [6.45, 7) is 15.3. The summed E-state index contributed by atoms with van der Waals surface area (Å²) in [6, 6.07) is 8.53. The highest BCUT2D eigenvalue weighted by Crippen LogP contribution is 2.21. The zero-order valence-corrected chi connectivity index (χ0v) is 25.1. The molecule has 0 aromatic heterocycles. The lowest BCUT2D eigenvalue weighted by Crippen LogP contribution is -2.56. The highest BCUT2D eigenvalue weighted by atomic mass is 32.2. The molecule has 1 aliphatic rings. The molecule has 8 nitrogen and oxygen atoms in total. The summed E-state index contributed by atoms with van der Waals surface area (Å²) < 4.78 is 26.2. The molecule has 0 aliphatic carbocycles. The van der Waals surface area contributed by atoms with Crippen molar-refractivity contribution in [1.82, 2.24) is 19.4 Å². The number of aliphatic hydroxyl groups is 1. The average molecular weight is 551 g/mol. The minimum absolute atomic E-state index is 0.0540. The summed E-state index contributed by atoms with van der Waals surface area (Å²) in [4.78, 5) is 18.2. The summed E-state index contributed by atoms with van der Waals surface area (Å²) in [5.41, 5.74) is 1.85. The van der Waals surface area contributed by atoms with Gasteiger partial charge in [0.2, 0.25) is 15.9 Å². The number of sulfonamides is 1. The molecule has 2 rings (SSSR count). The van der Waals surface area contributed by atoms with E-state index in [2.05, 4.69) is 30.6 Å². The number of hydrogen-bond donors (Lipinski definition) is 2. The van der Waals surface area contributed by atoms with Crippen LogP contribution in [0, 0.1) is 11.8 Å². The van der Waals surface area contributed by atoms with E-state index in [9.17, 15) is 18.3 Å². The Bertz CT molecular complexity index is 980. The van der Waals surface area contributed by atoms with Gasteiger partial charge in [0.25, 0.3) is 0 Å². The average Bonchev–Trinajstić information content (AvgIpc) is 3.35. The maximum atomic E-state index is 13.8. The number of rotatable bonds is 16. The molecule has 0 bridgehead atoms. The van der Waals surface area contributed by atoms with Crippen LogP contribution in [0.1, 0.15) is 52.5 Å². The van der Waals surface area contributed by atoms with E-state index in [4.69, 9.17) is 0 Å². The molecular formula is C29H50N4O4S. The molecule has 1 aromatic rings. The number of aliphatic hydroxyl groups excluding tert-OH is 1. The van der Waals surface area contributed by atoms with Gasteiger partial charge in [-0.25, -0.2) is 8.42 Å². The Kier molecular flexibility index (Phi) is 12.7. The molecule has 9 heteroatoms. The second-order valence-corrected chi connectivity index (χ2v) is 13.3. The molecular weight excluding hydrogens is 500 g/mol. The highest BCUT2D eigenvalue weighted by Gasteiger charge is 2.34. The predicted octanol–water partition coefficient (Wildman–Crippen LogP) is 2.95. The summed E-state index contributed by atoms with van der Waals surface area (Å²) in [6.07, 6.45) is 3.65. The molecule has 1 saturated heterocycles. The van der Waals surface area contributed by atoms with Crippen LogP contribution in [0.3, 0.4) is 0 Å². The fraction of sp³-hybridized carbons (Fsp3) is 0.690. The third kappa shape index (κ3) is 9.98. The highest BCUT2D eigenvalue weighted by molar-refractivity contribution is 7.88. The maximum absolute atomic E-state index is 13.8. The lowest BCUT2D eigenvalue weighted by Gasteiger charge is -2.37. The smallest absolute Gasteiger partial charge is 0.243 e. The number of nitrogens with zero attached hydrogens (tertiary/aromatic N) is 3. The van der Waals surface area contributed by atoms with E-state index in [1.165, 1.54) is 17.1 Å². The van der Waals surface area contributed by atoms with E-state index < -0.39 is 28.2 Å². The van der Waals surface area contributed by atoms with Gasteiger partial charge in [-0.3, -0.25) is 9.69 Å². The number of benzene rings is 1. The van der Waals surface area contributed by atoms with Gasteiger partial charge in [0.15, 0.2) is 0 Å². The van der Waals surface area contributed by atoms with E-state index in [-0.39, 0.29) is 24.3 Å². The molecule has 0 saturated carbocycles. The summed E-state index contributed by atoms with van der Waals surface area (Å²) >= 11 is 0. The maximum Gasteiger partial charge on any atom is 0.243 e. The van der Waals surface area contributed by atoms with Crippen molar-refractivity contribution in [1.29, 1.82) is 0 Å². The summed E-state index contributed by atoms with van der Waals surface area (Å²) in [7, 11) is -1.60. The molecule has 1 aromatic carbocycles. The van der Waals surface area contributed by atoms with Crippen LogP contribution in [0.5, 0.6) is 0 Å². The Morgan fingerprint density at radius 1 is 1.13 bits per heavy atom. The molecule has 38 heavy (non-hydrogen) atoms. The van der Waals surface area contributed by atoms with Gasteiger partial charge in [-0.05, 0) is 49.8 Å². The van der Waals surface area contributed by atoms with Crippen LogP contribution < -0.4 is 5.32 Å². The zero-order valence-electron chi connectivity index (χ0n) is 24.3. The van der Waals surface area contributed by atoms with Crippen LogP contribution in [-0.4, -0.2) is 97.8 Å². The Morgan fingerprint density at radius 2 is 1.74 bits per heavy atom. The number of nitrogens with one attached hydrogen (secondary N) is 1. The Morgan fingerprint density at radius 3 is 2.26 bits per heavy atom. The number of carbonyl (C=O) groups excluding carboxylic acids is 1. The molecule has 1 unspecified atom stereocenters. The molecule has 1 fully saturated rings. The van der Waals surface area contributed by atoms with Gasteiger partial charge in [-0.15, -0.1) is 0 Å². The Labute approximate surface area is 231 Å². The molecule has 4 atom stereocenters. The van der Waals surface area contributed by atoms with Crippen molar-refractivity contribution in [2.45, 2.75) is 71.6 Å². The van der Waals surface area contributed by atoms with Gasteiger partial charge in [0.1, 0.15) is 6.04 Å². The first-order chi connectivity index (χ1) is 17.8. The fourth-order valence-electron chi connectivity index (χ4n) is 5.05. The summed E-state index contributed by atoms with van der Waals surface area (Å²) in [5.74, 6) is -0.0263. The van der Waals surface area contributed by atoms with Crippen LogP contribution in [0.2, 0.25) is 0 Å². The van der Waals surface area contributed by atoms with Crippen LogP contribution in [0.15, 0.2) is 42.6 Å². The Hall–Kier alpha value is -1.94. The first-order valence-corrected chi connectivity index (χ1v) is 15.8. The molecule has 2 N–H and O–H groups in total. The molecule has 1 heterocycles.